The molecule has 0 spiro atoms. The third-order valence-electron chi connectivity index (χ3n) is 4.76. The first kappa shape index (κ1) is 19.4. The molecule has 3 aromatic rings. The Labute approximate surface area is 170 Å². The highest BCUT2D eigenvalue weighted by molar-refractivity contribution is 7.93. The van der Waals surface area contributed by atoms with Crippen LogP contribution in [-0.2, 0) is 14.8 Å². The van der Waals surface area contributed by atoms with Crippen LogP contribution in [0.2, 0.25) is 0 Å². The number of nitrogens with zero attached hydrogens (tertiary/aromatic N) is 4. The van der Waals surface area contributed by atoms with Crippen LogP contribution in [0, 0.1) is 0 Å². The van der Waals surface area contributed by atoms with E-state index in [1.165, 1.54) is 6.20 Å². The van der Waals surface area contributed by atoms with Gasteiger partial charge in [0.05, 0.1) is 24.3 Å². The van der Waals surface area contributed by atoms with Crippen molar-refractivity contribution >= 4 is 38.2 Å². The third kappa shape index (κ3) is 3.96. The van der Waals surface area contributed by atoms with Crippen molar-refractivity contribution in [3.8, 4) is 0 Å². The summed E-state index contributed by atoms with van der Waals surface area (Å²) in [6, 6.07) is 12.6. The van der Waals surface area contributed by atoms with Gasteiger partial charge in [0.1, 0.15) is 5.69 Å². The average molecular weight is 414 g/mol. The molecule has 0 amide bonds. The minimum atomic E-state index is -3.82. The van der Waals surface area contributed by atoms with Crippen molar-refractivity contribution in [2.75, 3.05) is 54.9 Å². The van der Waals surface area contributed by atoms with Crippen molar-refractivity contribution in [2.45, 2.75) is 4.90 Å². The summed E-state index contributed by atoms with van der Waals surface area (Å²) in [6.45, 7) is 2.65. The second-order valence-corrected chi connectivity index (χ2v) is 8.63. The Morgan fingerprint density at radius 1 is 1.07 bits per heavy atom. The second-order valence-electron chi connectivity index (χ2n) is 6.98. The molecule has 1 N–H and O–H groups in total. The largest absolute Gasteiger partial charge is 0.378 e. The summed E-state index contributed by atoms with van der Waals surface area (Å²) >= 11 is 0. The Balaban J connectivity index is 1.70. The topological polar surface area (TPSA) is 87.7 Å². The lowest BCUT2D eigenvalue weighted by molar-refractivity contribution is 0.122. The molecule has 0 unspecified atom stereocenters. The van der Waals surface area contributed by atoms with E-state index >= 15 is 0 Å². The molecule has 1 aliphatic rings. The summed E-state index contributed by atoms with van der Waals surface area (Å²) in [7, 11) is -0.183. The Bertz CT molecular complexity index is 1120. The van der Waals surface area contributed by atoms with Gasteiger partial charge in [-0.05, 0) is 11.5 Å². The minimum Gasteiger partial charge on any atom is -0.378 e. The van der Waals surface area contributed by atoms with E-state index in [9.17, 15) is 8.42 Å². The van der Waals surface area contributed by atoms with Gasteiger partial charge in [0.15, 0.2) is 5.82 Å². The maximum absolute atomic E-state index is 13.2. The first-order valence-corrected chi connectivity index (χ1v) is 10.8. The van der Waals surface area contributed by atoms with E-state index in [1.54, 1.807) is 23.1 Å². The van der Waals surface area contributed by atoms with E-state index < -0.39 is 10.0 Å². The van der Waals surface area contributed by atoms with Crippen molar-refractivity contribution < 1.29 is 13.2 Å². The number of rotatable bonds is 5. The second kappa shape index (κ2) is 7.84. The maximum atomic E-state index is 13.2. The Hall–Kier alpha value is -2.91. The van der Waals surface area contributed by atoms with Gasteiger partial charge in [-0.1, -0.05) is 36.4 Å². The lowest BCUT2D eigenvalue weighted by Gasteiger charge is -2.28. The molecule has 8 nitrogen and oxygen atoms in total. The smallest absolute Gasteiger partial charge is 0.262 e. The summed E-state index contributed by atoms with van der Waals surface area (Å²) in [4.78, 5) is 13.0. The van der Waals surface area contributed by atoms with Gasteiger partial charge >= 0.3 is 0 Å². The van der Waals surface area contributed by atoms with Crippen molar-refractivity contribution in [1.29, 1.82) is 0 Å². The van der Waals surface area contributed by atoms with E-state index in [2.05, 4.69) is 14.7 Å². The highest BCUT2D eigenvalue weighted by atomic mass is 32.2. The number of hydrogen-bond donors (Lipinski definition) is 1. The van der Waals surface area contributed by atoms with Gasteiger partial charge < -0.3 is 14.5 Å². The lowest BCUT2D eigenvalue weighted by Crippen LogP contribution is -2.37. The van der Waals surface area contributed by atoms with Crippen LogP contribution < -0.4 is 14.5 Å². The van der Waals surface area contributed by atoms with Crippen molar-refractivity contribution in [1.82, 2.24) is 9.97 Å². The van der Waals surface area contributed by atoms with Crippen LogP contribution in [-0.4, -0.2) is 58.8 Å². The minimum absolute atomic E-state index is 0.220. The molecule has 2 aromatic carbocycles. The van der Waals surface area contributed by atoms with E-state index in [0.717, 1.165) is 5.39 Å². The molecule has 0 bridgehead atoms. The fraction of sp³-hybridized carbons (Fsp3) is 0.300. The van der Waals surface area contributed by atoms with Crippen LogP contribution in [0.4, 0.5) is 17.5 Å². The van der Waals surface area contributed by atoms with Gasteiger partial charge in [-0.15, -0.1) is 0 Å². The predicted octanol–water partition coefficient (Wildman–Crippen LogP) is 2.33. The van der Waals surface area contributed by atoms with Crippen molar-refractivity contribution in [3.05, 3.63) is 48.7 Å². The fourth-order valence-electron chi connectivity index (χ4n) is 3.32. The zero-order valence-corrected chi connectivity index (χ0v) is 17.2. The molecule has 152 valence electrons. The summed E-state index contributed by atoms with van der Waals surface area (Å²) in [5.41, 5.74) is 0.333. The zero-order valence-electron chi connectivity index (χ0n) is 16.4. The Morgan fingerprint density at radius 2 is 1.79 bits per heavy atom. The molecular formula is C20H23N5O3S. The van der Waals surface area contributed by atoms with Gasteiger partial charge in [0, 0.05) is 32.6 Å². The molecule has 1 fully saturated rings. The number of fused-ring (bicyclic) bond motifs is 1. The highest BCUT2D eigenvalue weighted by Crippen LogP contribution is 2.29. The number of morpholine rings is 1. The molecule has 0 radical (unpaired) electrons. The molecule has 0 saturated carbocycles. The number of aromatic nitrogens is 2. The molecule has 9 heteroatoms. The van der Waals surface area contributed by atoms with Crippen LogP contribution in [0.1, 0.15) is 0 Å². The molecule has 0 atom stereocenters. The normalized spacial score (nSPS) is 14.8. The average Bonchev–Trinajstić information content (AvgIpc) is 2.74. The summed E-state index contributed by atoms with van der Waals surface area (Å²) in [5.74, 6) is 1.07. The monoisotopic (exact) mass is 413 g/mol. The first-order chi connectivity index (χ1) is 14.0. The van der Waals surface area contributed by atoms with Crippen LogP contribution in [0.3, 0.4) is 0 Å². The number of benzene rings is 2. The van der Waals surface area contributed by atoms with Crippen LogP contribution >= 0.6 is 0 Å². The van der Waals surface area contributed by atoms with Crippen LogP contribution in [0.25, 0.3) is 10.8 Å². The predicted molar refractivity (Wildman–Crippen MR) is 114 cm³/mol. The van der Waals surface area contributed by atoms with Gasteiger partial charge in [-0.3, -0.25) is 4.72 Å². The molecule has 4 rings (SSSR count). The molecule has 1 aliphatic heterocycles. The molecule has 2 heterocycles. The number of anilines is 3. The lowest BCUT2D eigenvalue weighted by atomic mass is 10.1. The number of ether oxygens (including phenoxy) is 1. The SMILES string of the molecule is CN(C)c1nc(N2CCOCC2)ncc1NS(=O)(=O)c1cccc2ccccc12. The van der Waals surface area contributed by atoms with Gasteiger partial charge in [0.25, 0.3) is 10.0 Å². The van der Waals surface area contributed by atoms with E-state index in [0.29, 0.717) is 49.1 Å². The number of sulfonamides is 1. The van der Waals surface area contributed by atoms with Crippen LogP contribution in [0.15, 0.2) is 53.6 Å². The first-order valence-electron chi connectivity index (χ1n) is 9.33. The Morgan fingerprint density at radius 3 is 2.55 bits per heavy atom. The van der Waals surface area contributed by atoms with E-state index in [-0.39, 0.29) is 4.90 Å². The van der Waals surface area contributed by atoms with E-state index in [1.807, 2.05) is 43.3 Å². The summed E-state index contributed by atoms with van der Waals surface area (Å²) in [6.07, 6.45) is 1.52. The summed E-state index contributed by atoms with van der Waals surface area (Å²) in [5, 5.41) is 1.53. The van der Waals surface area contributed by atoms with Crippen LogP contribution in [0.5, 0.6) is 0 Å². The quantitative estimate of drug-likeness (QED) is 0.687. The third-order valence-corrected chi connectivity index (χ3v) is 6.18. The summed E-state index contributed by atoms with van der Waals surface area (Å²) < 4.78 is 34.4. The fourth-order valence-corrected chi connectivity index (χ4v) is 4.60. The van der Waals surface area contributed by atoms with Gasteiger partial charge in [-0.25, -0.2) is 13.4 Å². The number of nitrogens with one attached hydrogen (secondary N) is 1. The molecule has 1 saturated heterocycles. The highest BCUT2D eigenvalue weighted by Gasteiger charge is 2.22. The van der Waals surface area contributed by atoms with Gasteiger partial charge in [-0.2, -0.15) is 4.98 Å². The van der Waals surface area contributed by atoms with E-state index in [4.69, 9.17) is 4.74 Å². The molecule has 0 aliphatic carbocycles. The molecule has 1 aromatic heterocycles. The van der Waals surface area contributed by atoms with Gasteiger partial charge in [0.2, 0.25) is 5.95 Å². The van der Waals surface area contributed by atoms with Crippen molar-refractivity contribution in [3.63, 3.8) is 0 Å². The standard InChI is InChI=1S/C20H23N5O3S/c1-24(2)19-17(14-21-20(22-19)25-10-12-28-13-11-25)23-29(26,27)18-9-5-7-15-6-3-4-8-16(15)18/h3-9,14,23H,10-13H2,1-2H3. The number of hydrogen-bond acceptors (Lipinski definition) is 7. The molecule has 29 heavy (non-hydrogen) atoms. The van der Waals surface area contributed by atoms with Crippen molar-refractivity contribution in [2.24, 2.45) is 0 Å². The maximum Gasteiger partial charge on any atom is 0.262 e. The molecular weight excluding hydrogens is 390 g/mol. The zero-order chi connectivity index (χ0) is 20.4. The Kier molecular flexibility index (Phi) is 5.25.